The largest absolute Gasteiger partial charge is 0.452 e. The van der Waals surface area contributed by atoms with Crippen LogP contribution in [0.4, 0.5) is 13.2 Å². The Hall–Kier alpha value is -1.39. The lowest BCUT2D eigenvalue weighted by Gasteiger charge is -2.14. The molecule has 3 heterocycles. The molecule has 0 spiro atoms. The van der Waals surface area contributed by atoms with Crippen LogP contribution in [0.25, 0.3) is 10.6 Å². The van der Waals surface area contributed by atoms with E-state index in [2.05, 4.69) is 9.68 Å². The van der Waals surface area contributed by atoms with Gasteiger partial charge in [-0.05, 0) is 25.8 Å². The van der Waals surface area contributed by atoms with Crippen molar-refractivity contribution >= 4 is 21.4 Å². The second-order valence-electron chi connectivity index (χ2n) is 5.22. The van der Waals surface area contributed by atoms with Gasteiger partial charge in [-0.15, -0.1) is 11.3 Å². The van der Waals surface area contributed by atoms with Crippen LogP contribution in [0.5, 0.6) is 0 Å². The molecule has 126 valence electrons. The third kappa shape index (κ3) is 3.02. The van der Waals surface area contributed by atoms with Crippen molar-refractivity contribution in [3.8, 4) is 10.6 Å². The number of alkyl halides is 3. The van der Waals surface area contributed by atoms with E-state index in [4.69, 9.17) is 0 Å². The van der Waals surface area contributed by atoms with Crippen LogP contribution in [0.3, 0.4) is 0 Å². The SMILES string of the molecule is Cc1sc(-c2cc(C(F)(F)F)on2)cc1S(=O)(=O)N1CCCC1. The van der Waals surface area contributed by atoms with Crippen molar-refractivity contribution in [2.45, 2.75) is 30.8 Å². The minimum atomic E-state index is -4.62. The number of halogens is 3. The summed E-state index contributed by atoms with van der Waals surface area (Å²) in [7, 11) is -3.62. The lowest BCUT2D eigenvalue weighted by Crippen LogP contribution is -2.27. The van der Waals surface area contributed by atoms with Crippen molar-refractivity contribution in [3.63, 3.8) is 0 Å². The van der Waals surface area contributed by atoms with Crippen molar-refractivity contribution in [2.75, 3.05) is 13.1 Å². The number of aryl methyl sites for hydroxylation is 1. The summed E-state index contributed by atoms with van der Waals surface area (Å²) >= 11 is 1.08. The summed E-state index contributed by atoms with van der Waals surface area (Å²) < 4.78 is 68.5. The van der Waals surface area contributed by atoms with E-state index in [0.717, 1.165) is 30.2 Å². The molecule has 0 atom stereocenters. The molecule has 23 heavy (non-hydrogen) atoms. The van der Waals surface area contributed by atoms with Gasteiger partial charge in [0.1, 0.15) is 5.69 Å². The Morgan fingerprint density at radius 2 is 1.91 bits per heavy atom. The molecule has 10 heteroatoms. The van der Waals surface area contributed by atoms with Gasteiger partial charge in [-0.2, -0.15) is 17.5 Å². The molecule has 1 aliphatic rings. The van der Waals surface area contributed by atoms with Crippen LogP contribution in [-0.4, -0.2) is 31.0 Å². The van der Waals surface area contributed by atoms with Crippen LogP contribution < -0.4 is 0 Å². The highest BCUT2D eigenvalue weighted by atomic mass is 32.2. The number of nitrogens with zero attached hydrogens (tertiary/aromatic N) is 2. The van der Waals surface area contributed by atoms with Gasteiger partial charge < -0.3 is 4.52 Å². The first-order valence-electron chi connectivity index (χ1n) is 6.84. The van der Waals surface area contributed by atoms with Crippen molar-refractivity contribution in [1.29, 1.82) is 0 Å². The fourth-order valence-corrected chi connectivity index (χ4v) is 5.47. The Morgan fingerprint density at radius 3 is 2.48 bits per heavy atom. The highest BCUT2D eigenvalue weighted by Crippen LogP contribution is 2.37. The van der Waals surface area contributed by atoms with E-state index in [1.807, 2.05) is 0 Å². The maximum atomic E-state index is 12.6. The average Bonchev–Trinajstić information content (AvgIpc) is 3.18. The minimum Gasteiger partial charge on any atom is -0.351 e. The fourth-order valence-electron chi connectivity index (χ4n) is 2.44. The van der Waals surface area contributed by atoms with Crippen molar-refractivity contribution in [1.82, 2.24) is 9.46 Å². The summed E-state index contributed by atoms with van der Waals surface area (Å²) in [5, 5.41) is 3.39. The van der Waals surface area contributed by atoms with Crippen LogP contribution in [0.2, 0.25) is 0 Å². The highest BCUT2D eigenvalue weighted by molar-refractivity contribution is 7.89. The Bertz CT molecular complexity index is 818. The third-order valence-corrected chi connectivity index (χ3v) is 6.82. The average molecular weight is 366 g/mol. The molecular weight excluding hydrogens is 353 g/mol. The Kier molecular flexibility index (Phi) is 4.01. The van der Waals surface area contributed by atoms with Crippen LogP contribution in [-0.2, 0) is 16.2 Å². The lowest BCUT2D eigenvalue weighted by molar-refractivity contribution is -0.155. The van der Waals surface area contributed by atoms with Gasteiger partial charge in [0.05, 0.1) is 9.77 Å². The molecule has 1 fully saturated rings. The topological polar surface area (TPSA) is 63.4 Å². The monoisotopic (exact) mass is 366 g/mol. The van der Waals surface area contributed by atoms with Crippen LogP contribution in [0.15, 0.2) is 21.6 Å². The Morgan fingerprint density at radius 1 is 1.26 bits per heavy atom. The van der Waals surface area contributed by atoms with E-state index in [-0.39, 0.29) is 10.6 Å². The number of sulfonamides is 1. The van der Waals surface area contributed by atoms with Crippen LogP contribution in [0.1, 0.15) is 23.5 Å². The smallest absolute Gasteiger partial charge is 0.351 e. The number of rotatable bonds is 3. The van der Waals surface area contributed by atoms with E-state index in [0.29, 0.717) is 22.8 Å². The van der Waals surface area contributed by atoms with Gasteiger partial charge in [0, 0.05) is 24.0 Å². The molecule has 0 aliphatic carbocycles. The number of thiophene rings is 1. The lowest BCUT2D eigenvalue weighted by atomic mass is 10.3. The molecular formula is C13H13F3N2O3S2. The van der Waals surface area contributed by atoms with Gasteiger partial charge in [0.15, 0.2) is 0 Å². The second-order valence-corrected chi connectivity index (χ2v) is 8.38. The third-order valence-electron chi connectivity index (χ3n) is 3.60. The predicted molar refractivity (Wildman–Crippen MR) is 77.5 cm³/mol. The van der Waals surface area contributed by atoms with E-state index in [9.17, 15) is 21.6 Å². The van der Waals surface area contributed by atoms with E-state index < -0.39 is 22.0 Å². The summed E-state index contributed by atoms with van der Waals surface area (Å²) in [6, 6.07) is 2.14. The first-order chi connectivity index (χ1) is 10.7. The van der Waals surface area contributed by atoms with Gasteiger partial charge in [-0.1, -0.05) is 5.16 Å². The normalized spacial score (nSPS) is 17.0. The molecule has 5 nitrogen and oxygen atoms in total. The molecule has 0 radical (unpaired) electrons. The molecule has 2 aromatic rings. The van der Waals surface area contributed by atoms with E-state index in [1.54, 1.807) is 6.92 Å². The summed E-state index contributed by atoms with van der Waals surface area (Å²) in [4.78, 5) is 0.971. The van der Waals surface area contributed by atoms with Gasteiger partial charge >= 0.3 is 6.18 Å². The summed E-state index contributed by atoms with van der Waals surface area (Å²) in [6.07, 6.45) is -3.00. The molecule has 0 aromatic carbocycles. The Balaban J connectivity index is 1.97. The minimum absolute atomic E-state index is 0.0201. The molecule has 0 saturated carbocycles. The quantitative estimate of drug-likeness (QED) is 0.834. The molecule has 2 aromatic heterocycles. The van der Waals surface area contributed by atoms with Gasteiger partial charge in [-0.3, -0.25) is 0 Å². The van der Waals surface area contributed by atoms with Crippen molar-refractivity contribution < 1.29 is 26.1 Å². The number of aromatic nitrogens is 1. The van der Waals surface area contributed by atoms with Gasteiger partial charge in [-0.25, -0.2) is 8.42 Å². The molecule has 0 bridgehead atoms. The van der Waals surface area contributed by atoms with E-state index >= 15 is 0 Å². The number of hydrogen-bond acceptors (Lipinski definition) is 5. The van der Waals surface area contributed by atoms with Gasteiger partial charge in [0.2, 0.25) is 15.8 Å². The summed E-state index contributed by atoms with van der Waals surface area (Å²) in [5.74, 6) is -1.21. The maximum Gasteiger partial charge on any atom is 0.452 e. The standard InChI is InChI=1S/C13H13F3N2O3S2/c1-8-11(23(19,20)18-4-2-3-5-18)7-10(22-8)9-6-12(21-17-9)13(14,15)16/h6-7H,2-5H2,1H3. The van der Waals surface area contributed by atoms with Crippen molar-refractivity contribution in [2.24, 2.45) is 0 Å². The first-order valence-corrected chi connectivity index (χ1v) is 9.10. The highest BCUT2D eigenvalue weighted by Gasteiger charge is 2.37. The molecule has 1 saturated heterocycles. The zero-order valence-corrected chi connectivity index (χ0v) is 13.7. The Labute approximate surface area is 134 Å². The van der Waals surface area contributed by atoms with Crippen LogP contribution >= 0.6 is 11.3 Å². The first kappa shape index (κ1) is 16.5. The molecule has 0 N–H and O–H groups in total. The molecule has 0 unspecified atom stereocenters. The maximum absolute atomic E-state index is 12.6. The predicted octanol–water partition coefficient (Wildman–Crippen LogP) is 3.51. The fraction of sp³-hybridized carbons (Fsp3) is 0.462. The van der Waals surface area contributed by atoms with Crippen LogP contribution in [0, 0.1) is 6.92 Å². The summed E-state index contributed by atoms with van der Waals surface area (Å²) in [6.45, 7) is 2.56. The van der Waals surface area contributed by atoms with Gasteiger partial charge in [0.25, 0.3) is 0 Å². The molecule has 1 aliphatic heterocycles. The summed E-state index contributed by atoms with van der Waals surface area (Å²) in [5.41, 5.74) is -0.0201. The molecule has 3 rings (SSSR count). The second kappa shape index (κ2) is 5.60. The van der Waals surface area contributed by atoms with E-state index in [1.165, 1.54) is 10.4 Å². The zero-order chi connectivity index (χ0) is 16.8. The number of hydrogen-bond donors (Lipinski definition) is 0. The van der Waals surface area contributed by atoms with Crippen molar-refractivity contribution in [3.05, 3.63) is 22.8 Å². The zero-order valence-electron chi connectivity index (χ0n) is 12.1. The molecule has 0 amide bonds.